The van der Waals surface area contributed by atoms with Gasteiger partial charge in [-0.25, -0.2) is 4.39 Å². The molecule has 0 saturated carbocycles. The summed E-state index contributed by atoms with van der Waals surface area (Å²) in [7, 11) is 0. The van der Waals surface area contributed by atoms with Gasteiger partial charge in [0.2, 0.25) is 0 Å². The lowest BCUT2D eigenvalue weighted by Crippen LogP contribution is -2.30. The lowest BCUT2D eigenvalue weighted by molar-refractivity contribution is 0.0712. The first-order valence-corrected chi connectivity index (χ1v) is 8.08. The molecule has 0 fully saturated rings. The average molecular weight is 389 g/mol. The molecule has 0 aliphatic heterocycles. The number of amides is 1. The predicted molar refractivity (Wildman–Crippen MR) is 90.6 cm³/mol. The Labute approximate surface area is 147 Å². The van der Waals surface area contributed by atoms with Crippen molar-refractivity contribution in [2.75, 3.05) is 0 Å². The molecule has 3 aromatic rings. The van der Waals surface area contributed by atoms with Gasteiger partial charge in [-0.1, -0.05) is 22.0 Å². The molecule has 0 aliphatic carbocycles. The third-order valence-electron chi connectivity index (χ3n) is 3.47. The zero-order chi connectivity index (χ0) is 16.9. The number of pyridine rings is 1. The standard InChI is InChI=1S/C18H14BrFN2O2/c19-14-5-6-17(20)16(9-14)18(23)22(12-15-4-2-8-24-15)11-13-3-1-7-21-10-13/h1-10H,11-12H2. The van der Waals surface area contributed by atoms with Crippen LogP contribution in [0.15, 0.2) is 70.0 Å². The molecule has 4 nitrogen and oxygen atoms in total. The van der Waals surface area contributed by atoms with E-state index >= 15 is 0 Å². The lowest BCUT2D eigenvalue weighted by Gasteiger charge is -2.22. The van der Waals surface area contributed by atoms with Gasteiger partial charge in [-0.15, -0.1) is 0 Å². The maximum Gasteiger partial charge on any atom is 0.257 e. The van der Waals surface area contributed by atoms with Gasteiger partial charge in [0.1, 0.15) is 11.6 Å². The largest absolute Gasteiger partial charge is 0.467 e. The van der Waals surface area contributed by atoms with Crippen molar-refractivity contribution in [3.8, 4) is 0 Å². The van der Waals surface area contributed by atoms with Crippen LogP contribution in [-0.4, -0.2) is 15.8 Å². The molecule has 0 aliphatic rings. The summed E-state index contributed by atoms with van der Waals surface area (Å²) in [5.74, 6) is -0.337. The monoisotopic (exact) mass is 388 g/mol. The van der Waals surface area contributed by atoms with E-state index in [4.69, 9.17) is 4.42 Å². The fraction of sp³-hybridized carbons (Fsp3) is 0.111. The van der Waals surface area contributed by atoms with E-state index in [1.54, 1.807) is 42.9 Å². The Hall–Kier alpha value is -2.47. The molecule has 2 heterocycles. The SMILES string of the molecule is O=C(c1cc(Br)ccc1F)N(Cc1cccnc1)Cc1ccco1. The van der Waals surface area contributed by atoms with E-state index in [2.05, 4.69) is 20.9 Å². The van der Waals surface area contributed by atoms with E-state index in [1.807, 2.05) is 6.07 Å². The highest BCUT2D eigenvalue weighted by molar-refractivity contribution is 9.10. The lowest BCUT2D eigenvalue weighted by atomic mass is 10.1. The van der Waals surface area contributed by atoms with Crippen LogP contribution >= 0.6 is 15.9 Å². The molecule has 1 aromatic carbocycles. The van der Waals surface area contributed by atoms with Gasteiger partial charge >= 0.3 is 0 Å². The number of halogens is 2. The number of hydrogen-bond donors (Lipinski definition) is 0. The highest BCUT2D eigenvalue weighted by atomic mass is 79.9. The van der Waals surface area contributed by atoms with Crippen LogP contribution in [0.3, 0.4) is 0 Å². The second-order valence-electron chi connectivity index (χ2n) is 5.23. The zero-order valence-corrected chi connectivity index (χ0v) is 14.2. The van der Waals surface area contributed by atoms with E-state index in [9.17, 15) is 9.18 Å². The quantitative estimate of drug-likeness (QED) is 0.649. The Morgan fingerprint density at radius 3 is 2.79 bits per heavy atom. The smallest absolute Gasteiger partial charge is 0.257 e. The van der Waals surface area contributed by atoms with Crippen LogP contribution in [0.25, 0.3) is 0 Å². The molecule has 0 saturated heterocycles. The summed E-state index contributed by atoms with van der Waals surface area (Å²) >= 11 is 3.28. The molecule has 1 amide bonds. The van der Waals surface area contributed by atoms with Crippen molar-refractivity contribution in [2.45, 2.75) is 13.1 Å². The second-order valence-corrected chi connectivity index (χ2v) is 6.14. The molecule has 2 aromatic heterocycles. The summed E-state index contributed by atoms with van der Waals surface area (Å²) in [6.45, 7) is 0.548. The van der Waals surface area contributed by atoms with E-state index < -0.39 is 11.7 Å². The van der Waals surface area contributed by atoms with Gasteiger partial charge in [-0.05, 0) is 42.0 Å². The van der Waals surface area contributed by atoms with Crippen molar-refractivity contribution < 1.29 is 13.6 Å². The number of carbonyl (C=O) groups is 1. The summed E-state index contributed by atoms with van der Waals surface area (Å²) < 4.78 is 20.1. The van der Waals surface area contributed by atoms with Gasteiger partial charge in [0.05, 0.1) is 18.4 Å². The molecular formula is C18H14BrFN2O2. The summed E-state index contributed by atoms with van der Waals surface area (Å²) in [5, 5.41) is 0. The minimum Gasteiger partial charge on any atom is -0.467 e. The topological polar surface area (TPSA) is 46.3 Å². The van der Waals surface area contributed by atoms with E-state index in [0.717, 1.165) is 5.56 Å². The molecule has 122 valence electrons. The Kier molecular flexibility index (Phi) is 5.05. The highest BCUT2D eigenvalue weighted by Gasteiger charge is 2.21. The van der Waals surface area contributed by atoms with E-state index in [1.165, 1.54) is 17.0 Å². The minimum absolute atomic E-state index is 0.0137. The van der Waals surface area contributed by atoms with Crippen molar-refractivity contribution in [3.05, 3.63) is 88.3 Å². The minimum atomic E-state index is -0.557. The summed E-state index contributed by atoms with van der Waals surface area (Å²) in [5.41, 5.74) is 0.868. The fourth-order valence-electron chi connectivity index (χ4n) is 2.33. The molecule has 0 bridgehead atoms. The normalized spacial score (nSPS) is 10.6. The first-order valence-electron chi connectivity index (χ1n) is 7.29. The van der Waals surface area contributed by atoms with Crippen molar-refractivity contribution in [3.63, 3.8) is 0 Å². The predicted octanol–water partition coefficient (Wildman–Crippen LogP) is 4.42. The third-order valence-corrected chi connectivity index (χ3v) is 3.96. The summed E-state index contributed by atoms with van der Waals surface area (Å²) in [6.07, 6.45) is 4.89. The van der Waals surface area contributed by atoms with E-state index in [0.29, 0.717) is 16.8 Å². The van der Waals surface area contributed by atoms with Crippen LogP contribution in [0.4, 0.5) is 4.39 Å². The molecule has 0 N–H and O–H groups in total. The van der Waals surface area contributed by atoms with Gasteiger partial charge in [-0.2, -0.15) is 0 Å². The summed E-state index contributed by atoms with van der Waals surface area (Å²) in [4.78, 5) is 18.4. The second kappa shape index (κ2) is 7.40. The number of carbonyl (C=O) groups excluding carboxylic acids is 1. The number of hydrogen-bond acceptors (Lipinski definition) is 3. The Morgan fingerprint density at radius 2 is 2.08 bits per heavy atom. The number of benzene rings is 1. The van der Waals surface area contributed by atoms with Crippen LogP contribution in [0.5, 0.6) is 0 Å². The average Bonchev–Trinajstić information content (AvgIpc) is 3.10. The zero-order valence-electron chi connectivity index (χ0n) is 12.7. The first-order chi connectivity index (χ1) is 11.6. The van der Waals surface area contributed by atoms with Crippen molar-refractivity contribution in [2.24, 2.45) is 0 Å². The molecule has 0 unspecified atom stereocenters. The molecule has 0 radical (unpaired) electrons. The number of furan rings is 1. The highest BCUT2D eigenvalue weighted by Crippen LogP contribution is 2.20. The number of rotatable bonds is 5. The van der Waals surface area contributed by atoms with Crippen molar-refractivity contribution in [1.29, 1.82) is 0 Å². The number of nitrogens with zero attached hydrogens (tertiary/aromatic N) is 2. The molecule has 24 heavy (non-hydrogen) atoms. The van der Waals surface area contributed by atoms with Crippen LogP contribution in [-0.2, 0) is 13.1 Å². The Balaban J connectivity index is 1.90. The Morgan fingerprint density at radius 1 is 1.21 bits per heavy atom. The van der Waals surface area contributed by atoms with E-state index in [-0.39, 0.29) is 12.1 Å². The molecular weight excluding hydrogens is 375 g/mol. The van der Waals surface area contributed by atoms with Gasteiger partial charge < -0.3 is 9.32 Å². The molecule has 3 rings (SSSR count). The van der Waals surface area contributed by atoms with Crippen LogP contribution < -0.4 is 0 Å². The van der Waals surface area contributed by atoms with Gasteiger partial charge in [0.15, 0.2) is 0 Å². The fourth-order valence-corrected chi connectivity index (χ4v) is 2.70. The molecule has 0 spiro atoms. The van der Waals surface area contributed by atoms with Crippen molar-refractivity contribution >= 4 is 21.8 Å². The third kappa shape index (κ3) is 3.89. The molecule has 0 atom stereocenters. The van der Waals surface area contributed by atoms with Crippen LogP contribution in [0.1, 0.15) is 21.7 Å². The van der Waals surface area contributed by atoms with Crippen molar-refractivity contribution in [1.82, 2.24) is 9.88 Å². The van der Waals surface area contributed by atoms with Crippen LogP contribution in [0.2, 0.25) is 0 Å². The van der Waals surface area contributed by atoms with Gasteiger partial charge in [0, 0.05) is 23.4 Å². The summed E-state index contributed by atoms with van der Waals surface area (Å²) in [6, 6.07) is 11.5. The molecule has 6 heteroatoms. The Bertz CT molecular complexity index is 822. The maximum atomic E-state index is 14.1. The maximum absolute atomic E-state index is 14.1. The van der Waals surface area contributed by atoms with Gasteiger partial charge in [-0.3, -0.25) is 9.78 Å². The van der Waals surface area contributed by atoms with Crippen LogP contribution in [0, 0.1) is 5.82 Å². The first kappa shape index (κ1) is 16.4. The van der Waals surface area contributed by atoms with Gasteiger partial charge in [0.25, 0.3) is 5.91 Å². The number of aromatic nitrogens is 1.